The lowest BCUT2D eigenvalue weighted by molar-refractivity contribution is -0.135. The Morgan fingerprint density at radius 1 is 1.35 bits per heavy atom. The number of ether oxygens (including phenoxy) is 1. The maximum absolute atomic E-state index is 11.7. The fourth-order valence-electron chi connectivity index (χ4n) is 2.03. The van der Waals surface area contributed by atoms with E-state index in [4.69, 9.17) is 4.74 Å². The van der Waals surface area contributed by atoms with E-state index in [1.807, 2.05) is 13.8 Å². The van der Waals surface area contributed by atoms with Crippen LogP contribution in [-0.2, 0) is 14.3 Å². The van der Waals surface area contributed by atoms with Crippen molar-refractivity contribution in [2.75, 3.05) is 39.3 Å². The molecule has 0 aromatic carbocycles. The molecule has 0 saturated carbocycles. The zero-order chi connectivity index (χ0) is 14.1. The number of nitrogens with zero attached hydrogens (tertiary/aromatic N) is 1. The van der Waals surface area contributed by atoms with Gasteiger partial charge >= 0.3 is 0 Å². The number of halogens is 1. The van der Waals surface area contributed by atoms with Gasteiger partial charge in [-0.1, -0.05) is 0 Å². The predicted octanol–water partition coefficient (Wildman–Crippen LogP) is 0.161. The summed E-state index contributed by atoms with van der Waals surface area (Å²) in [5.41, 5.74) is 0. The van der Waals surface area contributed by atoms with Crippen LogP contribution in [0.2, 0.25) is 0 Å². The number of rotatable bonds is 7. The number of amides is 2. The molecule has 0 bridgehead atoms. The minimum Gasteiger partial charge on any atom is -0.366 e. The average Bonchev–Trinajstić information content (AvgIpc) is 2.45. The Bertz CT molecular complexity index is 293. The molecule has 6 nitrogen and oxygen atoms in total. The van der Waals surface area contributed by atoms with Crippen LogP contribution in [0.4, 0.5) is 0 Å². The third-order valence-corrected chi connectivity index (χ3v) is 3.20. The molecule has 2 amide bonds. The van der Waals surface area contributed by atoms with Gasteiger partial charge in [-0.3, -0.25) is 9.59 Å². The Morgan fingerprint density at radius 3 is 2.60 bits per heavy atom. The molecule has 1 aliphatic rings. The normalized spacial score (nSPS) is 18.0. The molecule has 1 atom stereocenters. The van der Waals surface area contributed by atoms with Crippen LogP contribution in [0.3, 0.4) is 0 Å². The van der Waals surface area contributed by atoms with Crippen molar-refractivity contribution in [2.24, 2.45) is 0 Å². The fraction of sp³-hybridized carbons (Fsp3) is 0.846. The zero-order valence-electron chi connectivity index (χ0n) is 12.3. The van der Waals surface area contributed by atoms with Crippen molar-refractivity contribution in [3.63, 3.8) is 0 Å². The van der Waals surface area contributed by atoms with Crippen molar-refractivity contribution in [3.05, 3.63) is 0 Å². The summed E-state index contributed by atoms with van der Waals surface area (Å²) >= 11 is 0. The number of morpholine rings is 1. The van der Waals surface area contributed by atoms with Crippen molar-refractivity contribution >= 4 is 24.2 Å². The van der Waals surface area contributed by atoms with Crippen LogP contribution in [0.1, 0.15) is 26.7 Å². The molecule has 0 aliphatic carbocycles. The van der Waals surface area contributed by atoms with E-state index in [9.17, 15) is 9.59 Å². The van der Waals surface area contributed by atoms with Crippen LogP contribution in [0.5, 0.6) is 0 Å². The summed E-state index contributed by atoms with van der Waals surface area (Å²) in [6.07, 6.45) is 0.750. The number of hydrogen-bond acceptors (Lipinski definition) is 4. The molecule has 0 aromatic heterocycles. The number of carbonyl (C=O) groups excluding carboxylic acids is 2. The maximum Gasteiger partial charge on any atom is 0.250 e. The lowest BCUT2D eigenvalue weighted by Gasteiger charge is -2.22. The van der Waals surface area contributed by atoms with Crippen molar-refractivity contribution in [3.8, 4) is 0 Å². The van der Waals surface area contributed by atoms with Crippen molar-refractivity contribution in [1.82, 2.24) is 15.5 Å². The van der Waals surface area contributed by atoms with Crippen LogP contribution in [-0.4, -0.2) is 62.1 Å². The summed E-state index contributed by atoms with van der Waals surface area (Å²) in [6, 6.07) is 0. The molecule has 0 radical (unpaired) electrons. The minimum absolute atomic E-state index is 0. The lowest BCUT2D eigenvalue weighted by Crippen LogP contribution is -2.48. The summed E-state index contributed by atoms with van der Waals surface area (Å²) in [4.78, 5) is 25.2. The predicted molar refractivity (Wildman–Crippen MR) is 80.0 cm³/mol. The third-order valence-electron chi connectivity index (χ3n) is 3.20. The second kappa shape index (κ2) is 10.9. The van der Waals surface area contributed by atoms with Crippen LogP contribution in [0.25, 0.3) is 0 Å². The molecule has 2 N–H and O–H groups in total. The molecule has 0 spiro atoms. The van der Waals surface area contributed by atoms with Gasteiger partial charge in [-0.05, 0) is 20.3 Å². The largest absolute Gasteiger partial charge is 0.366 e. The van der Waals surface area contributed by atoms with Gasteiger partial charge in [0, 0.05) is 39.1 Å². The first-order valence-corrected chi connectivity index (χ1v) is 7.06. The zero-order valence-corrected chi connectivity index (χ0v) is 13.1. The second-order valence-corrected chi connectivity index (χ2v) is 4.52. The highest BCUT2D eigenvalue weighted by atomic mass is 35.5. The Hall–Kier alpha value is -0.850. The van der Waals surface area contributed by atoms with E-state index in [0.717, 1.165) is 19.6 Å². The molecule has 1 rings (SSSR count). The standard InChI is InChI=1S/C13H25N3O3.ClH/c1-3-16(4-2)12(17)6-5-7-15-13(18)11-10-14-8-9-19-11;/h11,14H,3-10H2,1-2H3,(H,15,18);1H. The number of hydrogen-bond donors (Lipinski definition) is 2. The maximum atomic E-state index is 11.7. The first-order chi connectivity index (χ1) is 9.19. The highest BCUT2D eigenvalue weighted by Gasteiger charge is 2.21. The van der Waals surface area contributed by atoms with Gasteiger partial charge in [-0.15, -0.1) is 12.4 Å². The summed E-state index contributed by atoms with van der Waals surface area (Å²) < 4.78 is 5.34. The quantitative estimate of drug-likeness (QED) is 0.658. The van der Waals surface area contributed by atoms with Crippen LogP contribution in [0, 0.1) is 0 Å². The monoisotopic (exact) mass is 307 g/mol. The Morgan fingerprint density at radius 2 is 2.05 bits per heavy atom. The van der Waals surface area contributed by atoms with Crippen molar-refractivity contribution in [2.45, 2.75) is 32.8 Å². The van der Waals surface area contributed by atoms with Crippen molar-refractivity contribution < 1.29 is 14.3 Å². The Balaban J connectivity index is 0.00000361. The summed E-state index contributed by atoms with van der Waals surface area (Å²) in [5.74, 6) is 0.0531. The van der Waals surface area contributed by atoms with Gasteiger partial charge in [0.2, 0.25) is 11.8 Å². The van der Waals surface area contributed by atoms with Gasteiger partial charge in [0.05, 0.1) is 6.61 Å². The molecule has 1 fully saturated rings. The molecular formula is C13H26ClN3O3. The van der Waals surface area contributed by atoms with Gasteiger partial charge in [0.25, 0.3) is 0 Å². The topological polar surface area (TPSA) is 70.7 Å². The molecular weight excluding hydrogens is 282 g/mol. The van der Waals surface area contributed by atoms with E-state index < -0.39 is 6.10 Å². The second-order valence-electron chi connectivity index (χ2n) is 4.52. The molecule has 0 aromatic rings. The van der Waals surface area contributed by atoms with E-state index in [2.05, 4.69) is 10.6 Å². The minimum atomic E-state index is -0.396. The van der Waals surface area contributed by atoms with E-state index >= 15 is 0 Å². The van der Waals surface area contributed by atoms with Crippen LogP contribution < -0.4 is 10.6 Å². The molecule has 20 heavy (non-hydrogen) atoms. The molecule has 1 heterocycles. The molecule has 7 heteroatoms. The molecule has 118 valence electrons. The van der Waals surface area contributed by atoms with Crippen molar-refractivity contribution in [1.29, 1.82) is 0 Å². The van der Waals surface area contributed by atoms with E-state index in [-0.39, 0.29) is 24.2 Å². The molecule has 1 unspecified atom stereocenters. The van der Waals surface area contributed by atoms with Gasteiger partial charge in [0.15, 0.2) is 0 Å². The lowest BCUT2D eigenvalue weighted by atomic mass is 10.2. The SMILES string of the molecule is CCN(CC)C(=O)CCCNC(=O)C1CNCCO1.Cl. The first kappa shape index (κ1) is 19.1. The van der Waals surface area contributed by atoms with E-state index in [1.54, 1.807) is 4.90 Å². The summed E-state index contributed by atoms with van der Waals surface area (Å²) in [6.45, 7) is 7.86. The number of nitrogens with one attached hydrogen (secondary N) is 2. The van der Waals surface area contributed by atoms with Gasteiger partial charge < -0.3 is 20.3 Å². The van der Waals surface area contributed by atoms with E-state index in [0.29, 0.717) is 32.5 Å². The third kappa shape index (κ3) is 6.54. The highest BCUT2D eigenvalue weighted by Crippen LogP contribution is 1.99. The summed E-state index contributed by atoms with van der Waals surface area (Å²) in [5, 5.41) is 5.92. The highest BCUT2D eigenvalue weighted by molar-refractivity contribution is 5.85. The van der Waals surface area contributed by atoms with Crippen LogP contribution >= 0.6 is 12.4 Å². The van der Waals surface area contributed by atoms with Gasteiger partial charge in [-0.2, -0.15) is 0 Å². The smallest absolute Gasteiger partial charge is 0.250 e. The Labute approximate surface area is 127 Å². The van der Waals surface area contributed by atoms with Gasteiger partial charge in [-0.25, -0.2) is 0 Å². The van der Waals surface area contributed by atoms with Gasteiger partial charge in [0.1, 0.15) is 6.10 Å². The fourth-order valence-corrected chi connectivity index (χ4v) is 2.03. The number of carbonyl (C=O) groups is 2. The summed E-state index contributed by atoms with van der Waals surface area (Å²) in [7, 11) is 0. The van der Waals surface area contributed by atoms with E-state index in [1.165, 1.54) is 0 Å². The molecule has 1 aliphatic heterocycles. The average molecular weight is 308 g/mol. The van der Waals surface area contributed by atoms with Crippen LogP contribution in [0.15, 0.2) is 0 Å². The molecule has 1 saturated heterocycles. The Kier molecular flexibility index (Phi) is 10.4. The first-order valence-electron chi connectivity index (χ1n) is 7.06.